The van der Waals surface area contributed by atoms with Crippen molar-refractivity contribution in [2.75, 3.05) is 20.1 Å². The van der Waals surface area contributed by atoms with Crippen LogP contribution in [0.25, 0.3) is 0 Å². The highest BCUT2D eigenvalue weighted by Crippen LogP contribution is 1.44. The fraction of sp³-hybridized carbons (Fsp3) is 0.800. The second kappa shape index (κ2) is 22.5. The molecule has 72 valence electrons. The minimum atomic E-state index is -0.0185. The monoisotopic (exact) mass is 205 g/mol. The third-order valence-corrected chi connectivity index (χ3v) is 0.506. The van der Waals surface area contributed by atoms with Crippen molar-refractivity contribution in [3.05, 3.63) is 0 Å². The highest BCUT2D eigenvalue weighted by atomic mass is 35.5. The molecular weight excluding hydrogens is 189 g/mol. The molecule has 0 atom stereocenters. The summed E-state index contributed by atoms with van der Waals surface area (Å²) in [7, 11) is 1.59. The second-order valence-corrected chi connectivity index (χ2v) is 1.42. The molecule has 0 saturated heterocycles. The quantitative estimate of drug-likeness (QED) is 0.391. The Balaban J connectivity index is -0.0000000437. The molecule has 0 aliphatic carbocycles. The van der Waals surface area contributed by atoms with Crippen LogP contribution in [0.2, 0.25) is 0 Å². The van der Waals surface area contributed by atoms with Crippen LogP contribution in [0.3, 0.4) is 0 Å². The molecule has 0 saturated carbocycles. The smallest absolute Gasteiger partial charge is 0.274 e. The summed E-state index contributed by atoms with van der Waals surface area (Å²) in [5.41, 5.74) is 6.83. The molecule has 0 aliphatic rings. The summed E-state index contributed by atoms with van der Waals surface area (Å²) in [5.74, 6) is -0.0185. The van der Waals surface area contributed by atoms with Gasteiger partial charge in [0.05, 0.1) is 6.54 Å². The molecule has 0 aliphatic heterocycles. The van der Waals surface area contributed by atoms with Gasteiger partial charge in [-0.2, -0.15) is 0 Å². The van der Waals surface area contributed by atoms with Gasteiger partial charge in [-0.25, -0.2) is 0 Å². The Morgan fingerprint density at radius 2 is 1.64 bits per heavy atom. The van der Waals surface area contributed by atoms with Gasteiger partial charge in [0.1, 0.15) is 0 Å². The zero-order valence-corrected chi connectivity index (χ0v) is 8.50. The van der Waals surface area contributed by atoms with Gasteiger partial charge in [0.25, 0.3) is 5.91 Å². The normalized spacial score (nSPS) is 5.82. The third-order valence-electron chi connectivity index (χ3n) is 0.506. The van der Waals surface area contributed by atoms with Crippen LogP contribution < -0.4 is 41.6 Å². The van der Waals surface area contributed by atoms with Gasteiger partial charge in [-0.15, -0.1) is 0 Å². The average Bonchev–Trinajstić information content (AvgIpc) is 1.88. The fourth-order valence-electron chi connectivity index (χ4n) is 0.125. The maximum absolute atomic E-state index is 10.0. The molecule has 0 aromatic heterocycles. The highest BCUT2D eigenvalue weighted by molar-refractivity contribution is 5.76. The second-order valence-electron chi connectivity index (χ2n) is 1.42. The van der Waals surface area contributed by atoms with Crippen LogP contribution in [0.15, 0.2) is 0 Å². The lowest BCUT2D eigenvalue weighted by Gasteiger charge is -1.84. The minimum absolute atomic E-state index is 0. The molecule has 0 unspecified atom stereocenters. The van der Waals surface area contributed by atoms with Crippen molar-refractivity contribution >= 4 is 5.91 Å². The van der Waals surface area contributed by atoms with Crippen LogP contribution in [-0.2, 0) is 4.79 Å². The number of likely N-dealkylation sites (N-methyl/N-ethyl adjacent to an activating group) is 1. The minimum Gasteiger partial charge on any atom is -1.00 e. The average molecular weight is 206 g/mol. The van der Waals surface area contributed by atoms with Crippen molar-refractivity contribution in [3.8, 4) is 0 Å². The van der Waals surface area contributed by atoms with Gasteiger partial charge in [0.2, 0.25) is 0 Å². The van der Waals surface area contributed by atoms with E-state index >= 15 is 0 Å². The zero-order chi connectivity index (χ0) is 7.70. The lowest BCUT2D eigenvalue weighted by molar-refractivity contribution is -0.361. The first kappa shape index (κ1) is 22.4. The summed E-state index contributed by atoms with van der Waals surface area (Å²) >= 11 is 0. The summed E-state index contributed by atoms with van der Waals surface area (Å²) < 4.78 is 0. The van der Waals surface area contributed by atoms with E-state index in [9.17, 15) is 4.79 Å². The SMILES string of the molecule is CC[NH3+].CNC(=O)C[NH3+].[Cl-].[Cl-]. The highest BCUT2D eigenvalue weighted by Gasteiger charge is 1.88. The summed E-state index contributed by atoms with van der Waals surface area (Å²) in [4.78, 5) is 10.0. The zero-order valence-electron chi connectivity index (χ0n) is 6.99. The molecule has 1 amide bonds. The van der Waals surface area contributed by atoms with Crippen LogP contribution in [0.4, 0.5) is 0 Å². The first-order chi connectivity index (χ1) is 4.22. The number of amides is 1. The van der Waals surface area contributed by atoms with Gasteiger partial charge >= 0.3 is 0 Å². The standard InChI is InChI=1S/C3H8N2O.C2H7N.2ClH/c1-5-3(6)2-4;1-2-3;;/h2,4H2,1H3,(H,5,6);2-3H2,1H3;2*1H. The first-order valence-electron chi connectivity index (χ1n) is 3.01. The molecule has 6 heteroatoms. The van der Waals surface area contributed by atoms with E-state index in [-0.39, 0.29) is 30.7 Å². The van der Waals surface area contributed by atoms with E-state index in [1.807, 2.05) is 6.92 Å². The summed E-state index contributed by atoms with van der Waals surface area (Å²) in [5, 5.41) is 2.41. The topological polar surface area (TPSA) is 84.4 Å². The first-order valence-corrected chi connectivity index (χ1v) is 3.01. The van der Waals surface area contributed by atoms with Crippen molar-refractivity contribution in [1.82, 2.24) is 5.32 Å². The number of carbonyl (C=O) groups is 1. The van der Waals surface area contributed by atoms with Crippen molar-refractivity contribution in [1.29, 1.82) is 0 Å². The van der Waals surface area contributed by atoms with Crippen LogP contribution >= 0.6 is 0 Å². The lowest BCUT2D eigenvalue weighted by Crippen LogP contribution is -3.00. The summed E-state index contributed by atoms with van der Waals surface area (Å²) in [6.45, 7) is 3.34. The van der Waals surface area contributed by atoms with E-state index < -0.39 is 0 Å². The van der Waals surface area contributed by atoms with Crippen molar-refractivity contribution in [2.24, 2.45) is 0 Å². The van der Waals surface area contributed by atoms with E-state index in [1.165, 1.54) is 0 Å². The van der Waals surface area contributed by atoms with E-state index in [0.717, 1.165) is 6.54 Å². The molecule has 7 N–H and O–H groups in total. The number of quaternary nitrogens is 2. The number of hydrogen-bond acceptors (Lipinski definition) is 1. The largest absolute Gasteiger partial charge is 1.00 e. The lowest BCUT2D eigenvalue weighted by atomic mass is 10.6. The molecule has 11 heavy (non-hydrogen) atoms. The molecule has 0 radical (unpaired) electrons. The predicted octanol–water partition coefficient (Wildman–Crippen LogP) is -8.77. The van der Waals surface area contributed by atoms with Gasteiger partial charge in [0, 0.05) is 7.05 Å². The Hall–Kier alpha value is -0.0300. The van der Waals surface area contributed by atoms with Crippen LogP contribution in [0, 0.1) is 0 Å². The molecule has 0 bridgehead atoms. The Labute approximate surface area is 79.9 Å². The van der Waals surface area contributed by atoms with Crippen LogP contribution in [0.1, 0.15) is 6.92 Å². The molecule has 0 aromatic carbocycles. The number of hydrogen-bond donors (Lipinski definition) is 3. The van der Waals surface area contributed by atoms with E-state index in [0.29, 0.717) is 6.54 Å². The molecule has 0 aromatic rings. The Kier molecular flexibility index (Phi) is 45.9. The molecule has 0 rings (SSSR count). The van der Waals surface area contributed by atoms with Gasteiger partial charge in [-0.05, 0) is 6.92 Å². The van der Waals surface area contributed by atoms with Crippen LogP contribution in [0.5, 0.6) is 0 Å². The maximum atomic E-state index is 10.0. The van der Waals surface area contributed by atoms with Crippen molar-refractivity contribution in [3.63, 3.8) is 0 Å². The number of halogens is 2. The summed E-state index contributed by atoms with van der Waals surface area (Å²) in [6, 6.07) is 0. The summed E-state index contributed by atoms with van der Waals surface area (Å²) in [6.07, 6.45) is 0. The molecule has 0 heterocycles. The number of nitrogens with one attached hydrogen (secondary N) is 1. The third kappa shape index (κ3) is 40.2. The molecule has 4 nitrogen and oxygen atoms in total. The molecular formula is C5H17Cl2N3O. The predicted molar refractivity (Wildman–Crippen MR) is 35.3 cm³/mol. The van der Waals surface area contributed by atoms with Gasteiger partial charge in [-0.1, -0.05) is 0 Å². The van der Waals surface area contributed by atoms with Gasteiger partial charge in [-0.3, -0.25) is 4.79 Å². The van der Waals surface area contributed by atoms with Crippen molar-refractivity contribution < 1.29 is 41.1 Å². The number of rotatable bonds is 1. The van der Waals surface area contributed by atoms with E-state index in [1.54, 1.807) is 7.05 Å². The Morgan fingerprint density at radius 1 is 1.36 bits per heavy atom. The van der Waals surface area contributed by atoms with Gasteiger partial charge in [0.15, 0.2) is 6.54 Å². The maximum Gasteiger partial charge on any atom is 0.274 e. The number of carbonyl (C=O) groups excluding carboxylic acids is 1. The molecule has 0 spiro atoms. The van der Waals surface area contributed by atoms with E-state index in [2.05, 4.69) is 16.8 Å². The van der Waals surface area contributed by atoms with E-state index in [4.69, 9.17) is 0 Å². The van der Waals surface area contributed by atoms with Crippen molar-refractivity contribution in [2.45, 2.75) is 6.92 Å². The van der Waals surface area contributed by atoms with Crippen LogP contribution in [-0.4, -0.2) is 26.0 Å². The van der Waals surface area contributed by atoms with Gasteiger partial charge < -0.3 is 41.6 Å². The Bertz CT molecular complexity index is 66.7. The Morgan fingerprint density at radius 3 is 1.64 bits per heavy atom. The fourth-order valence-corrected chi connectivity index (χ4v) is 0.125. The molecule has 0 fully saturated rings.